The summed E-state index contributed by atoms with van der Waals surface area (Å²) in [6.07, 6.45) is 0. The summed E-state index contributed by atoms with van der Waals surface area (Å²) in [4.78, 5) is 9.95. The van der Waals surface area contributed by atoms with E-state index in [0.29, 0.717) is 11.3 Å². The number of ether oxygens (including phenoxy) is 3. The highest BCUT2D eigenvalue weighted by Crippen LogP contribution is 2.36. The van der Waals surface area contributed by atoms with Crippen molar-refractivity contribution in [2.24, 2.45) is 0 Å². The second-order valence-electron chi connectivity index (χ2n) is 6.51. The van der Waals surface area contributed by atoms with E-state index >= 15 is 0 Å². The molecule has 0 aliphatic heterocycles. The third kappa shape index (κ3) is 5.47. The van der Waals surface area contributed by atoms with E-state index in [1.54, 1.807) is 24.3 Å². The minimum atomic E-state index is -4.42. The van der Waals surface area contributed by atoms with Crippen LogP contribution in [0.2, 0.25) is 0 Å². The molecule has 3 rings (SSSR count). The van der Waals surface area contributed by atoms with E-state index in [4.69, 9.17) is 9.47 Å². The van der Waals surface area contributed by atoms with Gasteiger partial charge >= 0.3 is 6.61 Å². The molecule has 3 aromatic rings. The zero-order valence-corrected chi connectivity index (χ0v) is 18.1. The predicted octanol–water partition coefficient (Wildman–Crippen LogP) is 4.68. The average Bonchev–Trinajstić information content (AvgIpc) is 2.79. The van der Waals surface area contributed by atoms with Crippen molar-refractivity contribution in [2.45, 2.75) is 11.5 Å². The summed E-state index contributed by atoms with van der Waals surface area (Å²) in [5, 5.41) is 11.4. The zero-order valence-electron chi connectivity index (χ0n) is 17.3. The number of halogens is 2. The molecule has 0 bridgehead atoms. The van der Waals surface area contributed by atoms with E-state index in [-0.39, 0.29) is 22.7 Å². The third-order valence-corrected chi connectivity index (χ3v) is 5.93. The number of hydrogen-bond donors (Lipinski definition) is 1. The smallest absolute Gasteiger partial charge is 0.387 e. The fraction of sp³-hybridized carbons (Fsp3) is 0.143. The zero-order chi connectivity index (χ0) is 24.2. The number of hydrogen-bond acceptors (Lipinski definition) is 7. The van der Waals surface area contributed by atoms with Crippen molar-refractivity contribution in [3.8, 4) is 28.4 Å². The molecule has 174 valence electrons. The molecule has 0 unspecified atom stereocenters. The van der Waals surface area contributed by atoms with Gasteiger partial charge in [-0.15, -0.1) is 0 Å². The van der Waals surface area contributed by atoms with E-state index in [2.05, 4.69) is 9.46 Å². The maximum atomic E-state index is 12.9. The SMILES string of the molecule is COc1ccc(-c2cc(NS(=O)(=O)c3ccc(OC)cc3[N+](=O)[O-])ccc2OC(F)F)cc1. The number of nitro benzene ring substituents is 1. The van der Waals surface area contributed by atoms with Gasteiger partial charge in [0, 0.05) is 11.3 Å². The van der Waals surface area contributed by atoms with Gasteiger partial charge in [-0.25, -0.2) is 8.42 Å². The van der Waals surface area contributed by atoms with E-state index in [9.17, 15) is 27.3 Å². The van der Waals surface area contributed by atoms with E-state index < -0.39 is 32.1 Å². The van der Waals surface area contributed by atoms with Crippen molar-refractivity contribution in [2.75, 3.05) is 18.9 Å². The van der Waals surface area contributed by atoms with Gasteiger partial charge < -0.3 is 14.2 Å². The number of benzene rings is 3. The Kier molecular flexibility index (Phi) is 6.97. The molecule has 0 aromatic heterocycles. The van der Waals surface area contributed by atoms with E-state index in [1.807, 2.05) is 0 Å². The van der Waals surface area contributed by atoms with Gasteiger partial charge in [-0.3, -0.25) is 14.8 Å². The van der Waals surface area contributed by atoms with Crippen LogP contribution in [0.4, 0.5) is 20.2 Å². The molecule has 0 spiro atoms. The highest BCUT2D eigenvalue weighted by molar-refractivity contribution is 7.92. The molecule has 3 aromatic carbocycles. The summed E-state index contributed by atoms with van der Waals surface area (Å²) >= 11 is 0. The minimum absolute atomic E-state index is 0.0208. The average molecular weight is 480 g/mol. The van der Waals surface area contributed by atoms with Gasteiger partial charge in [0.15, 0.2) is 4.90 Å². The van der Waals surface area contributed by atoms with Crippen LogP contribution in [0.15, 0.2) is 65.6 Å². The number of nitrogens with zero attached hydrogens (tertiary/aromatic N) is 1. The molecule has 0 atom stereocenters. The van der Waals surface area contributed by atoms with Crippen LogP contribution in [0.1, 0.15) is 0 Å². The highest BCUT2D eigenvalue weighted by Gasteiger charge is 2.27. The number of anilines is 1. The predicted molar refractivity (Wildman–Crippen MR) is 116 cm³/mol. The summed E-state index contributed by atoms with van der Waals surface area (Å²) < 4.78 is 68.3. The molecule has 9 nitrogen and oxygen atoms in total. The van der Waals surface area contributed by atoms with Crippen molar-refractivity contribution in [3.63, 3.8) is 0 Å². The molecule has 0 aliphatic carbocycles. The van der Waals surface area contributed by atoms with Crippen LogP contribution in [0.3, 0.4) is 0 Å². The molecule has 33 heavy (non-hydrogen) atoms. The number of nitrogens with one attached hydrogen (secondary N) is 1. The fourth-order valence-electron chi connectivity index (χ4n) is 2.99. The maximum absolute atomic E-state index is 12.9. The number of nitro groups is 1. The molecule has 0 fully saturated rings. The Labute approximate surface area is 187 Å². The van der Waals surface area contributed by atoms with Crippen LogP contribution in [0.5, 0.6) is 17.2 Å². The molecule has 1 N–H and O–H groups in total. The van der Waals surface area contributed by atoms with Crippen molar-refractivity contribution in [1.82, 2.24) is 0 Å². The Balaban J connectivity index is 2.04. The normalized spacial score (nSPS) is 11.2. The molecule has 12 heteroatoms. The summed E-state index contributed by atoms with van der Waals surface area (Å²) in [7, 11) is -1.66. The minimum Gasteiger partial charge on any atom is -0.497 e. The lowest BCUT2D eigenvalue weighted by molar-refractivity contribution is -0.387. The first-order valence-corrected chi connectivity index (χ1v) is 10.7. The van der Waals surface area contributed by atoms with E-state index in [1.165, 1.54) is 38.5 Å². The summed E-state index contributed by atoms with van der Waals surface area (Å²) in [5.41, 5.74) is -0.0901. The Morgan fingerprint density at radius 2 is 1.58 bits per heavy atom. The fourth-order valence-corrected chi connectivity index (χ4v) is 4.20. The molecule has 0 aliphatic rings. The van der Waals surface area contributed by atoms with E-state index in [0.717, 1.165) is 12.1 Å². The van der Waals surface area contributed by atoms with Crippen LogP contribution in [0.25, 0.3) is 11.1 Å². The number of sulfonamides is 1. The Bertz CT molecular complexity index is 1270. The highest BCUT2D eigenvalue weighted by atomic mass is 32.2. The third-order valence-electron chi connectivity index (χ3n) is 4.50. The van der Waals surface area contributed by atoms with Crippen molar-refractivity contribution in [3.05, 3.63) is 70.8 Å². The van der Waals surface area contributed by atoms with Gasteiger partial charge in [-0.1, -0.05) is 12.1 Å². The molecular weight excluding hydrogens is 462 g/mol. The summed E-state index contributed by atoms with van der Waals surface area (Å²) in [5.74, 6) is 0.447. The first-order chi connectivity index (χ1) is 15.6. The number of rotatable bonds is 9. The first kappa shape index (κ1) is 23.7. The maximum Gasteiger partial charge on any atom is 0.387 e. The molecule has 0 heterocycles. The Morgan fingerprint density at radius 1 is 0.939 bits per heavy atom. The first-order valence-electron chi connectivity index (χ1n) is 9.23. The van der Waals surface area contributed by atoms with Crippen molar-refractivity contribution < 1.29 is 36.3 Å². The van der Waals surface area contributed by atoms with Gasteiger partial charge in [0.25, 0.3) is 15.7 Å². The molecule has 0 radical (unpaired) electrons. The van der Waals surface area contributed by atoms with Gasteiger partial charge in [0.1, 0.15) is 17.2 Å². The van der Waals surface area contributed by atoms with Gasteiger partial charge in [0.05, 0.1) is 25.2 Å². The van der Waals surface area contributed by atoms with Crippen LogP contribution in [-0.2, 0) is 10.0 Å². The van der Waals surface area contributed by atoms with Gasteiger partial charge in [-0.05, 0) is 48.0 Å². The summed E-state index contributed by atoms with van der Waals surface area (Å²) in [6.45, 7) is -3.11. The van der Waals surface area contributed by atoms with Crippen LogP contribution < -0.4 is 18.9 Å². The quantitative estimate of drug-likeness (QED) is 0.349. The van der Waals surface area contributed by atoms with Crippen LogP contribution in [-0.4, -0.2) is 34.2 Å². The topological polar surface area (TPSA) is 117 Å². The van der Waals surface area contributed by atoms with Crippen molar-refractivity contribution in [1.29, 1.82) is 0 Å². The monoisotopic (exact) mass is 480 g/mol. The van der Waals surface area contributed by atoms with Gasteiger partial charge in [-0.2, -0.15) is 8.78 Å². The van der Waals surface area contributed by atoms with Crippen LogP contribution >= 0.6 is 0 Å². The number of methoxy groups -OCH3 is 2. The van der Waals surface area contributed by atoms with Gasteiger partial charge in [0.2, 0.25) is 0 Å². The second kappa shape index (κ2) is 9.69. The summed E-state index contributed by atoms with van der Waals surface area (Å²) in [6, 6.07) is 13.3. The van der Waals surface area contributed by atoms with Crippen molar-refractivity contribution >= 4 is 21.4 Å². The number of alkyl halides is 2. The molecule has 0 amide bonds. The Morgan fingerprint density at radius 3 is 2.15 bits per heavy atom. The molecule has 0 saturated carbocycles. The molecule has 0 saturated heterocycles. The Hall–Kier alpha value is -3.93. The lowest BCUT2D eigenvalue weighted by atomic mass is 10.0. The van der Waals surface area contributed by atoms with Crippen LogP contribution in [0, 0.1) is 10.1 Å². The lowest BCUT2D eigenvalue weighted by Gasteiger charge is -2.15. The lowest BCUT2D eigenvalue weighted by Crippen LogP contribution is -2.15. The second-order valence-corrected chi connectivity index (χ2v) is 8.17. The standard InChI is InChI=1S/C21H18F2N2O7S/c1-30-15-6-3-13(4-7-15)17-11-14(5-9-19(17)32-21(22)23)24-33(28,29)20-10-8-16(31-2)12-18(20)25(26)27/h3-12,21,24H,1-2H3. The largest absolute Gasteiger partial charge is 0.497 e. The molecular formula is C21H18F2N2O7S.